The van der Waals surface area contributed by atoms with Crippen molar-refractivity contribution in [1.82, 2.24) is 5.32 Å². The average Bonchev–Trinajstić information content (AvgIpc) is 2.05. The van der Waals surface area contributed by atoms with Crippen molar-refractivity contribution in [3.8, 4) is 0 Å². The van der Waals surface area contributed by atoms with Gasteiger partial charge in [-0.25, -0.2) is 0 Å². The first-order chi connectivity index (χ1) is 5.70. The summed E-state index contributed by atoms with van der Waals surface area (Å²) >= 11 is 0. The minimum Gasteiger partial charge on any atom is -0.394 e. The van der Waals surface area contributed by atoms with Crippen molar-refractivity contribution in [2.75, 3.05) is 19.8 Å². The maximum atomic E-state index is 11.0. The van der Waals surface area contributed by atoms with Crippen LogP contribution in [-0.4, -0.2) is 36.9 Å². The molecule has 0 aromatic heterocycles. The maximum absolute atomic E-state index is 11.0. The van der Waals surface area contributed by atoms with Crippen LogP contribution in [0.5, 0.6) is 0 Å². The molecule has 0 fully saturated rings. The zero-order valence-electron chi connectivity index (χ0n) is 7.67. The van der Waals surface area contributed by atoms with Crippen LogP contribution in [0.2, 0.25) is 0 Å². The van der Waals surface area contributed by atoms with Gasteiger partial charge in [0.25, 0.3) is 0 Å². The molecular formula is C8H17NO3. The topological polar surface area (TPSA) is 58.6 Å². The second-order valence-corrected chi connectivity index (χ2v) is 2.60. The van der Waals surface area contributed by atoms with Gasteiger partial charge in [-0.15, -0.1) is 0 Å². The van der Waals surface area contributed by atoms with E-state index in [1.807, 2.05) is 6.92 Å². The van der Waals surface area contributed by atoms with E-state index in [0.717, 1.165) is 0 Å². The van der Waals surface area contributed by atoms with Gasteiger partial charge in [-0.1, -0.05) is 0 Å². The van der Waals surface area contributed by atoms with E-state index in [9.17, 15) is 4.79 Å². The van der Waals surface area contributed by atoms with Crippen molar-refractivity contribution in [2.24, 2.45) is 0 Å². The van der Waals surface area contributed by atoms with Gasteiger partial charge in [-0.05, 0) is 13.8 Å². The van der Waals surface area contributed by atoms with Gasteiger partial charge in [-0.2, -0.15) is 0 Å². The Morgan fingerprint density at radius 1 is 1.67 bits per heavy atom. The fourth-order valence-corrected chi connectivity index (χ4v) is 0.702. The average molecular weight is 175 g/mol. The number of aliphatic hydroxyl groups is 1. The van der Waals surface area contributed by atoms with Gasteiger partial charge in [0.05, 0.1) is 13.2 Å². The number of hydrogen-bond donors (Lipinski definition) is 2. The lowest BCUT2D eigenvalue weighted by atomic mass is 10.3. The number of amides is 1. The number of hydrogen-bond acceptors (Lipinski definition) is 3. The molecule has 0 heterocycles. The highest BCUT2D eigenvalue weighted by molar-refractivity contribution is 5.76. The molecule has 1 atom stereocenters. The fraction of sp³-hybridized carbons (Fsp3) is 0.875. The summed E-state index contributed by atoms with van der Waals surface area (Å²) in [5, 5.41) is 11.2. The summed E-state index contributed by atoms with van der Waals surface area (Å²) in [5.41, 5.74) is 0. The summed E-state index contributed by atoms with van der Waals surface area (Å²) in [5.74, 6) is -0.0787. The number of nitrogens with one attached hydrogen (secondary N) is 1. The number of carbonyl (C=O) groups is 1. The lowest BCUT2D eigenvalue weighted by Crippen LogP contribution is -2.35. The Labute approximate surface area is 72.9 Å². The molecule has 0 unspecified atom stereocenters. The Bertz CT molecular complexity index is 127. The second kappa shape index (κ2) is 7.06. The zero-order valence-corrected chi connectivity index (χ0v) is 7.67. The quantitative estimate of drug-likeness (QED) is 0.555. The van der Waals surface area contributed by atoms with E-state index in [1.54, 1.807) is 6.92 Å². The van der Waals surface area contributed by atoms with Gasteiger partial charge in [0.2, 0.25) is 5.91 Å². The Kier molecular flexibility index (Phi) is 6.70. The van der Waals surface area contributed by atoms with E-state index in [-0.39, 0.29) is 18.6 Å². The number of carbonyl (C=O) groups excluding carboxylic acids is 1. The largest absolute Gasteiger partial charge is 0.394 e. The molecule has 0 rings (SSSR count). The van der Waals surface area contributed by atoms with Gasteiger partial charge >= 0.3 is 0 Å². The highest BCUT2D eigenvalue weighted by atomic mass is 16.5. The predicted octanol–water partition coefficient (Wildman–Crippen LogP) is -0.0900. The first-order valence-corrected chi connectivity index (χ1v) is 4.18. The SMILES string of the molecule is CCOCCC(=O)N[C@@H](C)CO. The molecule has 0 saturated heterocycles. The zero-order chi connectivity index (χ0) is 9.40. The van der Waals surface area contributed by atoms with Gasteiger partial charge < -0.3 is 15.2 Å². The molecule has 0 aliphatic carbocycles. The van der Waals surface area contributed by atoms with E-state index >= 15 is 0 Å². The molecule has 72 valence electrons. The molecule has 4 heteroatoms. The van der Waals surface area contributed by atoms with Crippen LogP contribution in [0.15, 0.2) is 0 Å². The minimum absolute atomic E-state index is 0.0274. The Morgan fingerprint density at radius 2 is 2.33 bits per heavy atom. The van der Waals surface area contributed by atoms with Crippen LogP contribution in [0.1, 0.15) is 20.3 Å². The van der Waals surface area contributed by atoms with Crippen LogP contribution < -0.4 is 5.32 Å². The maximum Gasteiger partial charge on any atom is 0.222 e. The molecule has 0 aliphatic rings. The molecule has 0 aliphatic heterocycles. The van der Waals surface area contributed by atoms with Crippen LogP contribution in [-0.2, 0) is 9.53 Å². The first-order valence-electron chi connectivity index (χ1n) is 4.18. The molecule has 0 aromatic carbocycles. The van der Waals surface area contributed by atoms with Crippen LogP contribution in [0.3, 0.4) is 0 Å². The van der Waals surface area contributed by atoms with Gasteiger partial charge in [0, 0.05) is 19.1 Å². The van der Waals surface area contributed by atoms with Crippen LogP contribution in [0.25, 0.3) is 0 Å². The third-order valence-corrected chi connectivity index (χ3v) is 1.36. The highest BCUT2D eigenvalue weighted by Gasteiger charge is 2.04. The van der Waals surface area contributed by atoms with E-state index in [2.05, 4.69) is 5.32 Å². The highest BCUT2D eigenvalue weighted by Crippen LogP contribution is 1.85. The fourth-order valence-electron chi connectivity index (χ4n) is 0.702. The normalized spacial score (nSPS) is 12.6. The monoisotopic (exact) mass is 175 g/mol. The molecule has 1 amide bonds. The molecule has 12 heavy (non-hydrogen) atoms. The van der Waals surface area contributed by atoms with E-state index < -0.39 is 0 Å². The first kappa shape index (κ1) is 11.4. The number of aliphatic hydroxyl groups excluding tert-OH is 1. The Hall–Kier alpha value is -0.610. The van der Waals surface area contributed by atoms with Gasteiger partial charge in [0.1, 0.15) is 0 Å². The molecular weight excluding hydrogens is 158 g/mol. The smallest absolute Gasteiger partial charge is 0.222 e. The lowest BCUT2D eigenvalue weighted by molar-refractivity contribution is -0.123. The van der Waals surface area contributed by atoms with Crippen molar-refractivity contribution in [3.05, 3.63) is 0 Å². The van der Waals surface area contributed by atoms with Crippen molar-refractivity contribution in [2.45, 2.75) is 26.3 Å². The Morgan fingerprint density at radius 3 is 2.83 bits per heavy atom. The summed E-state index contributed by atoms with van der Waals surface area (Å²) in [6.45, 7) is 4.68. The molecule has 0 spiro atoms. The number of ether oxygens (including phenoxy) is 1. The molecule has 0 radical (unpaired) electrons. The summed E-state index contributed by atoms with van der Waals surface area (Å²) in [7, 11) is 0. The standard InChI is InChI=1S/C8H17NO3/c1-3-12-5-4-8(11)9-7(2)6-10/h7,10H,3-6H2,1-2H3,(H,9,11)/t7-/m0/s1. The summed E-state index contributed by atoms with van der Waals surface area (Å²) < 4.78 is 5.00. The van der Waals surface area contributed by atoms with E-state index in [4.69, 9.17) is 9.84 Å². The van der Waals surface area contributed by atoms with Crippen LogP contribution >= 0.6 is 0 Å². The minimum atomic E-state index is -0.167. The predicted molar refractivity (Wildman–Crippen MR) is 45.8 cm³/mol. The summed E-state index contributed by atoms with van der Waals surface area (Å²) in [6, 6.07) is -0.167. The second-order valence-electron chi connectivity index (χ2n) is 2.60. The molecule has 4 nitrogen and oxygen atoms in total. The van der Waals surface area contributed by atoms with E-state index in [1.165, 1.54) is 0 Å². The van der Waals surface area contributed by atoms with E-state index in [0.29, 0.717) is 19.6 Å². The van der Waals surface area contributed by atoms with Gasteiger partial charge in [0.15, 0.2) is 0 Å². The van der Waals surface area contributed by atoms with Crippen molar-refractivity contribution < 1.29 is 14.6 Å². The molecule has 0 saturated carbocycles. The number of rotatable bonds is 6. The lowest BCUT2D eigenvalue weighted by Gasteiger charge is -2.10. The van der Waals surface area contributed by atoms with Crippen LogP contribution in [0.4, 0.5) is 0 Å². The van der Waals surface area contributed by atoms with Crippen molar-refractivity contribution in [3.63, 3.8) is 0 Å². The van der Waals surface area contributed by atoms with Crippen molar-refractivity contribution >= 4 is 5.91 Å². The third kappa shape index (κ3) is 6.12. The molecule has 0 bridgehead atoms. The molecule has 2 N–H and O–H groups in total. The Balaban J connectivity index is 3.33. The van der Waals surface area contributed by atoms with Gasteiger partial charge in [-0.3, -0.25) is 4.79 Å². The third-order valence-electron chi connectivity index (χ3n) is 1.36. The summed E-state index contributed by atoms with van der Waals surface area (Å²) in [4.78, 5) is 11.0. The summed E-state index contributed by atoms with van der Waals surface area (Å²) in [6.07, 6.45) is 0.359. The molecule has 0 aromatic rings. The van der Waals surface area contributed by atoms with Crippen molar-refractivity contribution in [1.29, 1.82) is 0 Å². The van der Waals surface area contributed by atoms with Crippen LogP contribution in [0, 0.1) is 0 Å².